The van der Waals surface area contributed by atoms with E-state index in [-0.39, 0.29) is 0 Å². The Morgan fingerprint density at radius 1 is 1.41 bits per heavy atom. The molecule has 1 aromatic carbocycles. The quantitative estimate of drug-likeness (QED) is 0.782. The third-order valence-electron chi connectivity index (χ3n) is 2.79. The summed E-state index contributed by atoms with van der Waals surface area (Å²) in [6, 6.07) is 6.37. The molecule has 0 saturated heterocycles. The van der Waals surface area contributed by atoms with Crippen molar-refractivity contribution in [3.8, 4) is 0 Å². The SMILES string of the molecule is Cc1cc(N(C)Cc2cscn2)ccc1CCl. The van der Waals surface area contributed by atoms with Crippen LogP contribution in [0.3, 0.4) is 0 Å². The highest BCUT2D eigenvalue weighted by Gasteiger charge is 2.05. The molecule has 0 fully saturated rings. The number of rotatable bonds is 4. The Morgan fingerprint density at radius 2 is 2.24 bits per heavy atom. The van der Waals surface area contributed by atoms with Gasteiger partial charge >= 0.3 is 0 Å². The van der Waals surface area contributed by atoms with E-state index in [1.54, 1.807) is 11.3 Å². The summed E-state index contributed by atoms with van der Waals surface area (Å²) in [5.74, 6) is 0.571. The highest BCUT2D eigenvalue weighted by molar-refractivity contribution is 7.07. The van der Waals surface area contributed by atoms with E-state index < -0.39 is 0 Å². The molecule has 17 heavy (non-hydrogen) atoms. The van der Waals surface area contributed by atoms with Gasteiger partial charge in [0.15, 0.2) is 0 Å². The molecule has 0 amide bonds. The molecule has 0 saturated carbocycles. The number of thiazole rings is 1. The Labute approximate surface area is 111 Å². The summed E-state index contributed by atoms with van der Waals surface area (Å²) in [5.41, 5.74) is 6.60. The van der Waals surface area contributed by atoms with Crippen LogP contribution in [0.25, 0.3) is 0 Å². The number of halogens is 1. The zero-order chi connectivity index (χ0) is 12.3. The third kappa shape index (κ3) is 2.99. The van der Waals surface area contributed by atoms with Gasteiger partial charge in [-0.15, -0.1) is 22.9 Å². The largest absolute Gasteiger partial charge is 0.369 e. The molecule has 0 unspecified atom stereocenters. The molecule has 0 N–H and O–H groups in total. The molecule has 2 aromatic rings. The number of benzene rings is 1. The minimum atomic E-state index is 0.571. The molecule has 0 spiro atoms. The molecule has 0 aliphatic heterocycles. The summed E-state index contributed by atoms with van der Waals surface area (Å²) < 4.78 is 0. The number of hydrogen-bond acceptors (Lipinski definition) is 3. The van der Waals surface area contributed by atoms with Gasteiger partial charge in [-0.1, -0.05) is 6.07 Å². The summed E-state index contributed by atoms with van der Waals surface area (Å²) in [6.07, 6.45) is 0. The van der Waals surface area contributed by atoms with Crippen LogP contribution in [-0.4, -0.2) is 12.0 Å². The average molecular weight is 267 g/mol. The smallest absolute Gasteiger partial charge is 0.0795 e. The Morgan fingerprint density at radius 3 is 2.82 bits per heavy atom. The predicted octanol–water partition coefficient (Wildman–Crippen LogP) is 3.83. The lowest BCUT2D eigenvalue weighted by atomic mass is 10.1. The van der Waals surface area contributed by atoms with Crippen LogP contribution >= 0.6 is 22.9 Å². The van der Waals surface area contributed by atoms with Crippen molar-refractivity contribution < 1.29 is 0 Å². The highest BCUT2D eigenvalue weighted by Crippen LogP contribution is 2.20. The van der Waals surface area contributed by atoms with E-state index in [0.29, 0.717) is 5.88 Å². The normalized spacial score (nSPS) is 10.5. The van der Waals surface area contributed by atoms with Crippen molar-refractivity contribution in [1.82, 2.24) is 4.98 Å². The number of anilines is 1. The lowest BCUT2D eigenvalue weighted by molar-refractivity contribution is 0.893. The zero-order valence-electron chi connectivity index (χ0n) is 9.98. The number of alkyl halides is 1. The first-order chi connectivity index (χ1) is 8.20. The van der Waals surface area contributed by atoms with Crippen molar-refractivity contribution in [2.75, 3.05) is 11.9 Å². The molecule has 2 nitrogen and oxygen atoms in total. The van der Waals surface area contributed by atoms with Crippen molar-refractivity contribution in [1.29, 1.82) is 0 Å². The van der Waals surface area contributed by atoms with Gasteiger partial charge < -0.3 is 4.90 Å². The van der Waals surface area contributed by atoms with Gasteiger partial charge in [0.1, 0.15) is 0 Å². The summed E-state index contributed by atoms with van der Waals surface area (Å²) in [6.45, 7) is 2.93. The number of hydrogen-bond donors (Lipinski definition) is 0. The third-order valence-corrected chi connectivity index (χ3v) is 3.72. The fourth-order valence-corrected chi connectivity index (χ4v) is 2.57. The molecule has 1 aromatic heterocycles. The van der Waals surface area contributed by atoms with Crippen molar-refractivity contribution in [3.63, 3.8) is 0 Å². The topological polar surface area (TPSA) is 16.1 Å². The van der Waals surface area contributed by atoms with Gasteiger partial charge in [0.05, 0.1) is 17.7 Å². The van der Waals surface area contributed by atoms with Gasteiger partial charge in [0, 0.05) is 24.0 Å². The van der Waals surface area contributed by atoms with Crippen molar-refractivity contribution in [2.24, 2.45) is 0 Å². The molecule has 1 heterocycles. The second kappa shape index (κ2) is 5.52. The standard InChI is InChI=1S/C13H15ClN2S/c1-10-5-13(4-3-11(10)6-14)16(2)7-12-8-17-9-15-12/h3-5,8-9H,6-7H2,1-2H3. The Kier molecular flexibility index (Phi) is 4.02. The van der Waals surface area contributed by atoms with Gasteiger partial charge in [-0.2, -0.15) is 0 Å². The van der Waals surface area contributed by atoms with E-state index in [4.69, 9.17) is 11.6 Å². The van der Waals surface area contributed by atoms with Crippen LogP contribution < -0.4 is 4.90 Å². The molecule has 90 valence electrons. The minimum Gasteiger partial charge on any atom is -0.369 e. The second-order valence-electron chi connectivity index (χ2n) is 4.08. The van der Waals surface area contributed by atoms with Crippen LogP contribution in [-0.2, 0) is 12.4 Å². The van der Waals surface area contributed by atoms with Crippen LogP contribution in [0.4, 0.5) is 5.69 Å². The van der Waals surface area contributed by atoms with Crippen molar-refractivity contribution >= 4 is 28.6 Å². The van der Waals surface area contributed by atoms with Crippen LogP contribution in [0, 0.1) is 6.92 Å². The van der Waals surface area contributed by atoms with Crippen LogP contribution in [0.15, 0.2) is 29.1 Å². The first kappa shape index (κ1) is 12.4. The van der Waals surface area contributed by atoms with Gasteiger partial charge in [0.25, 0.3) is 0 Å². The molecule has 2 rings (SSSR count). The van der Waals surface area contributed by atoms with Crippen molar-refractivity contribution in [3.05, 3.63) is 45.9 Å². The predicted molar refractivity (Wildman–Crippen MR) is 75.0 cm³/mol. The first-order valence-electron chi connectivity index (χ1n) is 5.44. The molecule has 4 heteroatoms. The summed E-state index contributed by atoms with van der Waals surface area (Å²) >= 11 is 7.49. The van der Waals surface area contributed by atoms with Crippen LogP contribution in [0.5, 0.6) is 0 Å². The van der Waals surface area contributed by atoms with Gasteiger partial charge in [0.2, 0.25) is 0 Å². The Balaban J connectivity index is 2.14. The minimum absolute atomic E-state index is 0.571. The molecule has 0 bridgehead atoms. The number of aryl methyl sites for hydroxylation is 1. The van der Waals surface area contributed by atoms with E-state index in [1.807, 2.05) is 5.51 Å². The van der Waals surface area contributed by atoms with E-state index in [9.17, 15) is 0 Å². The summed E-state index contributed by atoms with van der Waals surface area (Å²) in [4.78, 5) is 6.49. The monoisotopic (exact) mass is 266 g/mol. The van der Waals surface area contributed by atoms with Gasteiger partial charge in [-0.3, -0.25) is 0 Å². The average Bonchev–Trinajstić information content (AvgIpc) is 2.81. The maximum Gasteiger partial charge on any atom is 0.0795 e. The lowest BCUT2D eigenvalue weighted by Crippen LogP contribution is -2.16. The molecule has 0 atom stereocenters. The van der Waals surface area contributed by atoms with E-state index in [1.165, 1.54) is 16.8 Å². The number of aromatic nitrogens is 1. The summed E-state index contributed by atoms with van der Waals surface area (Å²) in [7, 11) is 2.08. The molecule has 0 aliphatic rings. The van der Waals surface area contributed by atoms with E-state index in [0.717, 1.165) is 12.2 Å². The fourth-order valence-electron chi connectivity index (χ4n) is 1.72. The van der Waals surface area contributed by atoms with E-state index in [2.05, 4.69) is 47.4 Å². The van der Waals surface area contributed by atoms with Crippen molar-refractivity contribution in [2.45, 2.75) is 19.3 Å². The van der Waals surface area contributed by atoms with Gasteiger partial charge in [-0.25, -0.2) is 4.98 Å². The summed E-state index contributed by atoms with van der Waals surface area (Å²) in [5, 5.41) is 2.08. The Hall–Kier alpha value is -1.06. The molecule has 0 radical (unpaired) electrons. The lowest BCUT2D eigenvalue weighted by Gasteiger charge is -2.19. The maximum atomic E-state index is 5.86. The fraction of sp³-hybridized carbons (Fsp3) is 0.308. The van der Waals surface area contributed by atoms with Crippen LogP contribution in [0.2, 0.25) is 0 Å². The number of nitrogens with zero attached hydrogens (tertiary/aromatic N) is 2. The Bertz CT molecular complexity index is 482. The highest BCUT2D eigenvalue weighted by atomic mass is 35.5. The van der Waals surface area contributed by atoms with Crippen LogP contribution in [0.1, 0.15) is 16.8 Å². The molecular weight excluding hydrogens is 252 g/mol. The molecular formula is C13H15ClN2S. The molecule has 0 aliphatic carbocycles. The second-order valence-corrected chi connectivity index (χ2v) is 5.07. The zero-order valence-corrected chi connectivity index (χ0v) is 11.6. The van der Waals surface area contributed by atoms with E-state index >= 15 is 0 Å². The first-order valence-corrected chi connectivity index (χ1v) is 6.92. The van der Waals surface area contributed by atoms with Gasteiger partial charge in [-0.05, 0) is 30.2 Å². The maximum absolute atomic E-state index is 5.86.